The van der Waals surface area contributed by atoms with E-state index in [4.69, 9.17) is 17.3 Å². The molecular weight excluding hydrogens is 314 g/mol. The third-order valence-corrected chi connectivity index (χ3v) is 2.89. The maximum Gasteiger partial charge on any atom is 0.198 e. The summed E-state index contributed by atoms with van der Waals surface area (Å²) in [5.41, 5.74) is 9.58. The van der Waals surface area contributed by atoms with Crippen LogP contribution in [-0.2, 0) is 0 Å². The quantitative estimate of drug-likeness (QED) is 0.709. The summed E-state index contributed by atoms with van der Waals surface area (Å²) in [4.78, 5) is 7.18. The monoisotopic (exact) mass is 323 g/mol. The number of anilines is 1. The van der Waals surface area contributed by atoms with Gasteiger partial charge in [0.1, 0.15) is 0 Å². The van der Waals surface area contributed by atoms with Crippen molar-refractivity contribution in [1.82, 2.24) is 9.97 Å². The second-order valence-corrected chi connectivity index (χ2v) is 4.30. The maximum absolute atomic E-state index is 5.98. The Kier molecular flexibility index (Phi) is 3.59. The summed E-state index contributed by atoms with van der Waals surface area (Å²) in [5, 5.41) is 0.728. The fraction of sp³-hybridized carbons (Fsp3) is 0. The molecular formula is C13H11BrClN3. The lowest BCUT2D eigenvalue weighted by Crippen LogP contribution is -1.84. The van der Waals surface area contributed by atoms with E-state index >= 15 is 0 Å². The predicted octanol–water partition coefficient (Wildman–Crippen LogP) is 4.04. The predicted molar refractivity (Wildman–Crippen MR) is 81.3 cm³/mol. The van der Waals surface area contributed by atoms with Crippen LogP contribution in [0.5, 0.6) is 0 Å². The van der Waals surface area contributed by atoms with E-state index < -0.39 is 0 Å². The number of hydrogen-bond acceptors (Lipinski definition) is 2. The molecule has 0 aliphatic rings. The van der Waals surface area contributed by atoms with E-state index in [2.05, 4.69) is 9.97 Å². The molecule has 0 bridgehead atoms. The van der Waals surface area contributed by atoms with Crippen LogP contribution in [0.3, 0.4) is 0 Å². The molecule has 0 aliphatic carbocycles. The minimum absolute atomic E-state index is 0. The molecule has 0 radical (unpaired) electrons. The minimum Gasteiger partial charge on any atom is -0.369 e. The molecule has 0 spiro atoms. The van der Waals surface area contributed by atoms with Crippen LogP contribution in [0.1, 0.15) is 0 Å². The molecule has 0 saturated heterocycles. The minimum atomic E-state index is 0. The molecule has 3 rings (SSSR count). The zero-order chi connectivity index (χ0) is 11.8. The number of hydrogen-bond donors (Lipinski definition) is 2. The third kappa shape index (κ3) is 2.35. The summed E-state index contributed by atoms with van der Waals surface area (Å²) in [6.45, 7) is 0. The summed E-state index contributed by atoms with van der Waals surface area (Å²) in [6.07, 6.45) is 0. The Labute approximate surface area is 120 Å². The van der Waals surface area contributed by atoms with Crippen molar-refractivity contribution < 1.29 is 0 Å². The molecule has 1 heterocycles. The Morgan fingerprint density at radius 1 is 1.06 bits per heavy atom. The lowest BCUT2D eigenvalue weighted by Gasteiger charge is -2.01. The van der Waals surface area contributed by atoms with Crippen LogP contribution in [0, 0.1) is 0 Å². The van der Waals surface area contributed by atoms with E-state index in [9.17, 15) is 0 Å². The summed E-state index contributed by atoms with van der Waals surface area (Å²) >= 11 is 5.98. The molecule has 92 valence electrons. The molecule has 3 aromatic rings. The number of aromatic amines is 1. The molecule has 0 atom stereocenters. The summed E-state index contributed by atoms with van der Waals surface area (Å²) in [7, 11) is 0. The molecule has 3 nitrogen and oxygen atoms in total. The van der Waals surface area contributed by atoms with Gasteiger partial charge < -0.3 is 10.7 Å². The fourth-order valence-electron chi connectivity index (χ4n) is 1.88. The average molecular weight is 325 g/mol. The summed E-state index contributed by atoms with van der Waals surface area (Å²) in [5.74, 6) is 0.434. The molecule has 1 aromatic heterocycles. The number of imidazole rings is 1. The number of rotatable bonds is 1. The Hall–Kier alpha value is -1.52. The van der Waals surface area contributed by atoms with Gasteiger partial charge in [-0.15, -0.1) is 17.0 Å². The van der Waals surface area contributed by atoms with E-state index in [0.717, 1.165) is 27.2 Å². The molecule has 3 N–H and O–H groups in total. The van der Waals surface area contributed by atoms with Crippen LogP contribution in [0.15, 0.2) is 42.5 Å². The highest BCUT2D eigenvalue weighted by Gasteiger charge is 2.03. The number of nitrogens with two attached hydrogens (primary N) is 1. The molecule has 5 heteroatoms. The number of benzene rings is 2. The molecule has 0 amide bonds. The van der Waals surface area contributed by atoms with Crippen molar-refractivity contribution in [1.29, 1.82) is 0 Å². The number of fused-ring (bicyclic) bond motifs is 1. The van der Waals surface area contributed by atoms with Crippen molar-refractivity contribution in [3.05, 3.63) is 47.5 Å². The second-order valence-electron chi connectivity index (χ2n) is 3.86. The van der Waals surface area contributed by atoms with E-state index in [-0.39, 0.29) is 17.0 Å². The van der Waals surface area contributed by atoms with Crippen LogP contribution in [0.2, 0.25) is 5.02 Å². The van der Waals surface area contributed by atoms with Crippen LogP contribution in [0.4, 0.5) is 5.95 Å². The lowest BCUT2D eigenvalue weighted by atomic mass is 10.1. The molecule has 0 aliphatic heterocycles. The van der Waals surface area contributed by atoms with Crippen molar-refractivity contribution in [2.75, 3.05) is 5.73 Å². The van der Waals surface area contributed by atoms with Gasteiger partial charge in [-0.1, -0.05) is 29.8 Å². The highest BCUT2D eigenvalue weighted by molar-refractivity contribution is 8.93. The van der Waals surface area contributed by atoms with Crippen molar-refractivity contribution in [2.24, 2.45) is 0 Å². The summed E-state index contributed by atoms with van der Waals surface area (Å²) in [6, 6.07) is 13.7. The number of aromatic nitrogens is 2. The molecule has 18 heavy (non-hydrogen) atoms. The van der Waals surface area contributed by atoms with Crippen molar-refractivity contribution in [3.63, 3.8) is 0 Å². The maximum atomic E-state index is 5.98. The van der Waals surface area contributed by atoms with Gasteiger partial charge in [0.2, 0.25) is 0 Å². The van der Waals surface area contributed by atoms with Crippen LogP contribution in [-0.4, -0.2) is 9.97 Å². The molecule has 2 aromatic carbocycles. The van der Waals surface area contributed by atoms with Crippen LogP contribution >= 0.6 is 28.6 Å². The van der Waals surface area contributed by atoms with Gasteiger partial charge in [0.15, 0.2) is 5.95 Å². The van der Waals surface area contributed by atoms with Crippen LogP contribution < -0.4 is 5.73 Å². The van der Waals surface area contributed by atoms with Gasteiger partial charge in [-0.2, -0.15) is 0 Å². The number of halogens is 2. The molecule has 0 fully saturated rings. The molecule has 0 saturated carbocycles. The first-order valence-electron chi connectivity index (χ1n) is 5.23. The lowest BCUT2D eigenvalue weighted by molar-refractivity contribution is 1.35. The van der Waals surface area contributed by atoms with Gasteiger partial charge in [-0.05, 0) is 35.4 Å². The van der Waals surface area contributed by atoms with Crippen molar-refractivity contribution >= 4 is 45.6 Å². The van der Waals surface area contributed by atoms with Gasteiger partial charge in [-0.25, -0.2) is 4.98 Å². The SMILES string of the molecule is Br.Nc1nc2ccc(-c3cccc(Cl)c3)cc2[nH]1. The average Bonchev–Trinajstić information content (AvgIpc) is 2.68. The number of H-pyrrole nitrogens is 1. The standard InChI is InChI=1S/C13H10ClN3.BrH/c14-10-3-1-2-8(6-10)9-4-5-11-12(7-9)17-13(15)16-11;/h1-7H,(H3,15,16,17);1H. The van der Waals surface area contributed by atoms with E-state index in [1.54, 1.807) is 0 Å². The summed E-state index contributed by atoms with van der Waals surface area (Å²) < 4.78 is 0. The van der Waals surface area contributed by atoms with E-state index in [0.29, 0.717) is 5.95 Å². The topological polar surface area (TPSA) is 54.7 Å². The zero-order valence-electron chi connectivity index (χ0n) is 9.35. The van der Waals surface area contributed by atoms with Crippen molar-refractivity contribution in [2.45, 2.75) is 0 Å². The molecule has 0 unspecified atom stereocenters. The smallest absolute Gasteiger partial charge is 0.198 e. The van der Waals surface area contributed by atoms with Gasteiger partial charge in [0, 0.05) is 5.02 Å². The Morgan fingerprint density at radius 3 is 2.61 bits per heavy atom. The normalized spacial score (nSPS) is 10.3. The number of nitrogens with one attached hydrogen (secondary N) is 1. The van der Waals surface area contributed by atoms with Crippen molar-refractivity contribution in [3.8, 4) is 11.1 Å². The third-order valence-electron chi connectivity index (χ3n) is 2.66. The Bertz CT molecular complexity index is 694. The van der Waals surface area contributed by atoms with Gasteiger partial charge in [0.25, 0.3) is 0 Å². The van der Waals surface area contributed by atoms with Gasteiger partial charge in [-0.3, -0.25) is 0 Å². The fourth-order valence-corrected chi connectivity index (χ4v) is 2.07. The Morgan fingerprint density at radius 2 is 1.83 bits per heavy atom. The zero-order valence-corrected chi connectivity index (χ0v) is 11.8. The number of nitrogen functional groups attached to an aromatic ring is 1. The first-order valence-corrected chi connectivity index (χ1v) is 5.61. The van der Waals surface area contributed by atoms with Gasteiger partial charge in [0.05, 0.1) is 11.0 Å². The highest BCUT2D eigenvalue weighted by atomic mass is 79.9. The first kappa shape index (κ1) is 12.9. The van der Waals surface area contributed by atoms with E-state index in [1.807, 2.05) is 42.5 Å². The largest absolute Gasteiger partial charge is 0.369 e. The first-order chi connectivity index (χ1) is 8.22. The van der Waals surface area contributed by atoms with Crippen LogP contribution in [0.25, 0.3) is 22.2 Å². The van der Waals surface area contributed by atoms with Gasteiger partial charge >= 0.3 is 0 Å². The van der Waals surface area contributed by atoms with E-state index in [1.165, 1.54) is 0 Å². The second kappa shape index (κ2) is 5.00. The highest BCUT2D eigenvalue weighted by Crippen LogP contribution is 2.25. The Balaban J connectivity index is 0.00000120. The number of nitrogens with zero attached hydrogens (tertiary/aromatic N) is 1.